The largest absolute Gasteiger partial charge is 0.341 e. The minimum Gasteiger partial charge on any atom is -0.341 e. The van der Waals surface area contributed by atoms with Crippen molar-refractivity contribution in [1.82, 2.24) is 0 Å². The van der Waals surface area contributed by atoms with Crippen LogP contribution in [0.2, 0.25) is 0 Å². The Balaban J connectivity index is 2.01. The second kappa shape index (κ2) is 8.10. The number of para-hydroxylation sites is 2. The van der Waals surface area contributed by atoms with E-state index in [2.05, 4.69) is 10.6 Å². The highest BCUT2D eigenvalue weighted by atomic mass is 32.2. The van der Waals surface area contributed by atoms with Crippen molar-refractivity contribution in [3.05, 3.63) is 101 Å². The molecule has 0 fully saturated rings. The number of hydrogen-bond donors (Lipinski definition) is 2. The molecule has 138 valence electrons. The van der Waals surface area contributed by atoms with Crippen LogP contribution in [0.4, 0.5) is 11.4 Å². The Labute approximate surface area is 160 Å². The van der Waals surface area contributed by atoms with Gasteiger partial charge >= 0.3 is 0 Å². The third-order valence-electron chi connectivity index (χ3n) is 4.03. The fourth-order valence-corrected chi connectivity index (χ4v) is 4.10. The van der Waals surface area contributed by atoms with E-state index in [1.807, 2.05) is 79.7 Å². The lowest BCUT2D eigenvalue weighted by Crippen LogP contribution is -2.13. The quantitative estimate of drug-likeness (QED) is 0.626. The van der Waals surface area contributed by atoms with Crippen LogP contribution in [0.5, 0.6) is 0 Å². The fraction of sp³-hybridized carbons (Fsp3) is 0.0909. The zero-order valence-corrected chi connectivity index (χ0v) is 16.1. The van der Waals surface area contributed by atoms with E-state index in [0.717, 1.165) is 22.5 Å². The number of aryl methyl sites for hydroxylation is 2. The lowest BCUT2D eigenvalue weighted by molar-refractivity contribution is 0.603. The Kier molecular flexibility index (Phi) is 5.62. The molecule has 0 aliphatic heterocycles. The highest BCUT2D eigenvalue weighted by molar-refractivity contribution is 7.94. The van der Waals surface area contributed by atoms with Gasteiger partial charge in [0.2, 0.25) is 9.84 Å². The molecule has 0 aliphatic carbocycles. The monoisotopic (exact) mass is 378 g/mol. The summed E-state index contributed by atoms with van der Waals surface area (Å²) in [7, 11) is -3.64. The van der Waals surface area contributed by atoms with E-state index in [1.54, 1.807) is 13.0 Å². The van der Waals surface area contributed by atoms with Gasteiger partial charge in [0.1, 0.15) is 5.82 Å². The van der Waals surface area contributed by atoms with Gasteiger partial charge in [-0.1, -0.05) is 48.5 Å². The van der Waals surface area contributed by atoms with Crippen molar-refractivity contribution in [2.24, 2.45) is 0 Å². The molecule has 0 unspecified atom stereocenters. The number of anilines is 2. The van der Waals surface area contributed by atoms with Crippen molar-refractivity contribution in [1.29, 1.82) is 0 Å². The number of hydrogen-bond acceptors (Lipinski definition) is 4. The predicted octanol–water partition coefficient (Wildman–Crippen LogP) is 5.10. The first-order chi connectivity index (χ1) is 12.9. The second-order valence-corrected chi connectivity index (χ2v) is 8.09. The maximum absolute atomic E-state index is 13.0. The van der Waals surface area contributed by atoms with Gasteiger partial charge in [0.05, 0.1) is 10.3 Å². The first-order valence-electron chi connectivity index (χ1n) is 8.62. The standard InChI is InChI=1S/C22H22N2O2S/c1-17-13-14-18(2)21(15-17)27(25,26)16-22(23-19-9-5-3-6-10-19)24-20-11-7-4-8-12-20/h3-16,23-24H,1-2H3. The molecule has 0 aliphatic rings. The van der Waals surface area contributed by atoms with Crippen molar-refractivity contribution in [2.75, 3.05) is 10.6 Å². The molecule has 2 N–H and O–H groups in total. The van der Waals surface area contributed by atoms with Gasteiger partial charge in [0.25, 0.3) is 0 Å². The van der Waals surface area contributed by atoms with E-state index in [-0.39, 0.29) is 0 Å². The second-order valence-electron chi connectivity index (χ2n) is 6.33. The summed E-state index contributed by atoms with van der Waals surface area (Å²) in [6, 6.07) is 24.3. The molecule has 4 nitrogen and oxygen atoms in total. The highest BCUT2D eigenvalue weighted by Crippen LogP contribution is 2.22. The summed E-state index contributed by atoms with van der Waals surface area (Å²) in [5.74, 6) is 0.383. The average Bonchev–Trinajstić information content (AvgIpc) is 2.65. The van der Waals surface area contributed by atoms with Gasteiger partial charge in [-0.05, 0) is 55.3 Å². The van der Waals surface area contributed by atoms with Crippen molar-refractivity contribution in [3.8, 4) is 0 Å². The zero-order chi connectivity index (χ0) is 19.3. The Morgan fingerprint density at radius 3 is 1.81 bits per heavy atom. The molecule has 3 aromatic carbocycles. The summed E-state index contributed by atoms with van der Waals surface area (Å²) in [5, 5.41) is 7.56. The maximum Gasteiger partial charge on any atom is 0.203 e. The van der Waals surface area contributed by atoms with Gasteiger partial charge in [-0.2, -0.15) is 0 Å². The van der Waals surface area contributed by atoms with E-state index >= 15 is 0 Å². The molecule has 0 atom stereocenters. The molecule has 0 bridgehead atoms. The predicted molar refractivity (Wildman–Crippen MR) is 111 cm³/mol. The molecule has 0 saturated heterocycles. The molecule has 0 saturated carbocycles. The summed E-state index contributed by atoms with van der Waals surface area (Å²) in [6.45, 7) is 3.68. The molecule has 5 heteroatoms. The minimum atomic E-state index is -3.64. The summed E-state index contributed by atoms with van der Waals surface area (Å²) in [4.78, 5) is 0.310. The molecule has 0 amide bonds. The molecular formula is C22H22N2O2S. The zero-order valence-electron chi connectivity index (χ0n) is 15.3. The summed E-state index contributed by atoms with van der Waals surface area (Å²) in [6.07, 6.45) is 0. The van der Waals surface area contributed by atoms with Crippen LogP contribution < -0.4 is 10.6 Å². The van der Waals surface area contributed by atoms with Crippen molar-refractivity contribution >= 4 is 21.2 Å². The number of rotatable bonds is 6. The fourth-order valence-electron chi connectivity index (χ4n) is 2.68. The molecule has 27 heavy (non-hydrogen) atoms. The topological polar surface area (TPSA) is 58.2 Å². The smallest absolute Gasteiger partial charge is 0.203 e. The van der Waals surface area contributed by atoms with Crippen LogP contribution in [0.15, 0.2) is 95.0 Å². The van der Waals surface area contributed by atoms with Gasteiger partial charge in [-0.15, -0.1) is 0 Å². The van der Waals surface area contributed by atoms with E-state index in [4.69, 9.17) is 0 Å². The highest BCUT2D eigenvalue weighted by Gasteiger charge is 2.16. The van der Waals surface area contributed by atoms with Crippen LogP contribution in [0, 0.1) is 13.8 Å². The van der Waals surface area contributed by atoms with E-state index in [0.29, 0.717) is 10.7 Å². The average molecular weight is 378 g/mol. The third kappa shape index (κ3) is 4.99. The number of sulfone groups is 1. The van der Waals surface area contributed by atoms with Crippen LogP contribution in [-0.4, -0.2) is 8.42 Å². The molecule has 0 spiro atoms. The Hall–Kier alpha value is -3.05. The van der Waals surface area contributed by atoms with E-state index in [1.165, 1.54) is 5.41 Å². The molecule has 0 aromatic heterocycles. The number of nitrogens with one attached hydrogen (secondary N) is 2. The SMILES string of the molecule is Cc1ccc(C)c(S(=O)(=O)C=C(Nc2ccccc2)Nc2ccccc2)c1. The normalized spacial score (nSPS) is 10.9. The lowest BCUT2D eigenvalue weighted by atomic mass is 10.2. The summed E-state index contributed by atoms with van der Waals surface area (Å²) < 4.78 is 26.1. The van der Waals surface area contributed by atoms with Crippen LogP contribution in [0.25, 0.3) is 0 Å². The van der Waals surface area contributed by atoms with E-state index in [9.17, 15) is 8.42 Å². The van der Waals surface area contributed by atoms with Gasteiger partial charge < -0.3 is 10.6 Å². The molecule has 0 radical (unpaired) electrons. The maximum atomic E-state index is 13.0. The van der Waals surface area contributed by atoms with Gasteiger partial charge in [-0.25, -0.2) is 8.42 Å². The Bertz CT molecular complexity index is 1000. The third-order valence-corrected chi connectivity index (χ3v) is 5.63. The lowest BCUT2D eigenvalue weighted by Gasteiger charge is -2.15. The number of benzene rings is 3. The first-order valence-corrected chi connectivity index (χ1v) is 10.2. The summed E-state index contributed by atoms with van der Waals surface area (Å²) >= 11 is 0. The molecule has 3 aromatic rings. The van der Waals surface area contributed by atoms with Gasteiger partial charge in [-0.3, -0.25) is 0 Å². The van der Waals surface area contributed by atoms with Crippen LogP contribution >= 0.6 is 0 Å². The van der Waals surface area contributed by atoms with Crippen LogP contribution in [0.3, 0.4) is 0 Å². The molecule has 0 heterocycles. The van der Waals surface area contributed by atoms with E-state index < -0.39 is 9.84 Å². The van der Waals surface area contributed by atoms with Gasteiger partial charge in [0, 0.05) is 11.4 Å². The molecule has 3 rings (SSSR count). The Morgan fingerprint density at radius 1 is 0.778 bits per heavy atom. The summed E-state index contributed by atoms with van der Waals surface area (Å²) in [5.41, 5.74) is 3.21. The Morgan fingerprint density at radius 2 is 1.30 bits per heavy atom. The first kappa shape index (κ1) is 18.7. The van der Waals surface area contributed by atoms with Crippen molar-refractivity contribution < 1.29 is 8.42 Å². The van der Waals surface area contributed by atoms with Crippen LogP contribution in [0.1, 0.15) is 11.1 Å². The van der Waals surface area contributed by atoms with Crippen molar-refractivity contribution in [3.63, 3.8) is 0 Å². The van der Waals surface area contributed by atoms with Gasteiger partial charge in [0.15, 0.2) is 0 Å². The van der Waals surface area contributed by atoms with Crippen molar-refractivity contribution in [2.45, 2.75) is 18.7 Å². The molecular weight excluding hydrogens is 356 g/mol. The minimum absolute atomic E-state index is 0.310. The van der Waals surface area contributed by atoms with Crippen LogP contribution in [-0.2, 0) is 9.84 Å².